The van der Waals surface area contributed by atoms with Gasteiger partial charge in [-0.05, 0) is 43.4 Å². The fraction of sp³-hybridized carbons (Fsp3) is 0.939. The Kier molecular flexibility index (Phi) is 55.9. The van der Waals surface area contributed by atoms with E-state index in [2.05, 4.69) is 48.5 Å². The standard InChI is InChI=1S/C66H128O17P2/c1-8-11-12-13-14-25-33-40-47-63(68)76-54-62(83-66(71)50-43-36-29-28-32-39-46-59(7)10-3)56-81-85(74,75)79-52-60(67)51-78-84(72,73)80-55-61(53-77-64(69)48-41-34-26-21-17-15-19-23-30-37-44-57(4)5)82-65(70)49-42-35-27-22-18-16-20-24-31-38-45-58(6)9-2/h57-62,67H,8-56H2,1-7H3,(H,72,73)(H,74,75)/t58?,59?,60-,61-,62-/m1/s1. The molecule has 0 saturated carbocycles. The molecule has 0 radical (unpaired) electrons. The van der Waals surface area contributed by atoms with Crippen LogP contribution >= 0.6 is 15.6 Å². The topological polar surface area (TPSA) is 237 Å². The molecule has 17 nitrogen and oxygen atoms in total. The van der Waals surface area contributed by atoms with Crippen LogP contribution < -0.4 is 0 Å². The van der Waals surface area contributed by atoms with Gasteiger partial charge in [0.1, 0.15) is 19.3 Å². The molecule has 7 atom stereocenters. The van der Waals surface area contributed by atoms with Crippen LogP contribution in [0.1, 0.15) is 325 Å². The van der Waals surface area contributed by atoms with E-state index in [1.807, 2.05) is 0 Å². The number of aliphatic hydroxyl groups excluding tert-OH is 1. The summed E-state index contributed by atoms with van der Waals surface area (Å²) in [6.07, 6.45) is 38.9. The summed E-state index contributed by atoms with van der Waals surface area (Å²) in [5.41, 5.74) is 0. The average Bonchev–Trinajstić information content (AvgIpc) is 3.53. The molecular weight excluding hydrogens is 1130 g/mol. The second-order valence-corrected chi connectivity index (χ2v) is 27.7. The van der Waals surface area contributed by atoms with Crippen LogP contribution in [0.3, 0.4) is 0 Å². The fourth-order valence-corrected chi connectivity index (χ4v) is 11.3. The maximum atomic E-state index is 13.0. The van der Waals surface area contributed by atoms with Gasteiger partial charge in [-0.2, -0.15) is 0 Å². The molecule has 85 heavy (non-hydrogen) atoms. The van der Waals surface area contributed by atoms with Crippen LogP contribution in [0, 0.1) is 17.8 Å². The van der Waals surface area contributed by atoms with E-state index in [4.69, 9.17) is 37.0 Å². The van der Waals surface area contributed by atoms with Crippen molar-refractivity contribution in [2.24, 2.45) is 17.8 Å². The van der Waals surface area contributed by atoms with Crippen LogP contribution in [-0.4, -0.2) is 96.7 Å². The maximum Gasteiger partial charge on any atom is 0.472 e. The summed E-state index contributed by atoms with van der Waals surface area (Å²) in [5, 5.41) is 10.5. The van der Waals surface area contributed by atoms with Gasteiger partial charge in [0.2, 0.25) is 0 Å². The highest BCUT2D eigenvalue weighted by Crippen LogP contribution is 2.45. The second kappa shape index (κ2) is 57.2. The van der Waals surface area contributed by atoms with Crippen LogP contribution in [0.5, 0.6) is 0 Å². The van der Waals surface area contributed by atoms with E-state index in [1.54, 1.807) is 0 Å². The highest BCUT2D eigenvalue weighted by Gasteiger charge is 2.30. The molecular formula is C66H128O17P2. The van der Waals surface area contributed by atoms with Crippen LogP contribution in [-0.2, 0) is 65.4 Å². The zero-order chi connectivity index (χ0) is 63.1. The molecule has 0 aromatic rings. The Morgan fingerprint density at radius 3 is 0.894 bits per heavy atom. The largest absolute Gasteiger partial charge is 0.472 e. The molecule has 0 bridgehead atoms. The fourth-order valence-electron chi connectivity index (χ4n) is 9.77. The number of phosphoric ester groups is 2. The van der Waals surface area contributed by atoms with Crippen LogP contribution in [0.2, 0.25) is 0 Å². The zero-order valence-corrected chi connectivity index (χ0v) is 56.9. The van der Waals surface area contributed by atoms with E-state index in [0.29, 0.717) is 25.7 Å². The van der Waals surface area contributed by atoms with Crippen LogP contribution in [0.25, 0.3) is 0 Å². The molecule has 0 aromatic carbocycles. The van der Waals surface area contributed by atoms with Crippen LogP contribution in [0.4, 0.5) is 0 Å². The van der Waals surface area contributed by atoms with Crippen molar-refractivity contribution in [3.05, 3.63) is 0 Å². The lowest BCUT2D eigenvalue weighted by atomic mass is 9.99. The van der Waals surface area contributed by atoms with Crippen molar-refractivity contribution >= 4 is 39.5 Å². The Hall–Kier alpha value is -1.94. The predicted molar refractivity (Wildman–Crippen MR) is 340 cm³/mol. The number of carbonyl (C=O) groups is 4. The van der Waals surface area contributed by atoms with Crippen molar-refractivity contribution in [3.8, 4) is 0 Å². The minimum Gasteiger partial charge on any atom is -0.462 e. The first-order valence-corrected chi connectivity index (χ1v) is 37.4. The van der Waals surface area contributed by atoms with Gasteiger partial charge in [-0.25, -0.2) is 9.13 Å². The summed E-state index contributed by atoms with van der Waals surface area (Å²) in [6, 6.07) is 0. The van der Waals surface area contributed by atoms with Crippen molar-refractivity contribution in [2.45, 2.75) is 343 Å². The quantitative estimate of drug-likeness (QED) is 0.0222. The Labute approximate surface area is 517 Å². The Bertz CT molecular complexity index is 1690. The van der Waals surface area contributed by atoms with E-state index >= 15 is 0 Å². The van der Waals surface area contributed by atoms with Gasteiger partial charge in [0.25, 0.3) is 0 Å². The maximum absolute atomic E-state index is 13.0. The van der Waals surface area contributed by atoms with E-state index in [1.165, 1.54) is 128 Å². The van der Waals surface area contributed by atoms with Gasteiger partial charge in [0, 0.05) is 25.7 Å². The van der Waals surface area contributed by atoms with Gasteiger partial charge in [-0.3, -0.25) is 37.3 Å². The summed E-state index contributed by atoms with van der Waals surface area (Å²) in [6.45, 7) is 11.8. The van der Waals surface area contributed by atoms with Crippen molar-refractivity contribution in [3.63, 3.8) is 0 Å². The zero-order valence-electron chi connectivity index (χ0n) is 55.1. The molecule has 0 fully saturated rings. The summed E-state index contributed by atoms with van der Waals surface area (Å²) >= 11 is 0. The minimum absolute atomic E-state index is 0.102. The predicted octanol–water partition coefficient (Wildman–Crippen LogP) is 18.3. The Morgan fingerprint density at radius 1 is 0.341 bits per heavy atom. The number of aliphatic hydroxyl groups is 1. The van der Waals surface area contributed by atoms with Crippen molar-refractivity contribution < 1.29 is 80.2 Å². The summed E-state index contributed by atoms with van der Waals surface area (Å²) in [7, 11) is -9.89. The lowest BCUT2D eigenvalue weighted by Gasteiger charge is -2.21. The molecule has 19 heteroatoms. The van der Waals surface area contributed by atoms with Gasteiger partial charge in [-0.1, -0.05) is 273 Å². The lowest BCUT2D eigenvalue weighted by Crippen LogP contribution is -2.30. The number of hydrogen-bond acceptors (Lipinski definition) is 15. The van der Waals surface area contributed by atoms with Crippen LogP contribution in [0.15, 0.2) is 0 Å². The van der Waals surface area contributed by atoms with Gasteiger partial charge in [-0.15, -0.1) is 0 Å². The van der Waals surface area contributed by atoms with Gasteiger partial charge in [0.05, 0.1) is 26.4 Å². The number of hydrogen-bond donors (Lipinski definition) is 3. The van der Waals surface area contributed by atoms with E-state index in [-0.39, 0.29) is 25.7 Å². The first kappa shape index (κ1) is 83.1. The summed E-state index contributed by atoms with van der Waals surface area (Å²) < 4.78 is 68.0. The molecule has 0 spiro atoms. The molecule has 0 saturated heterocycles. The number of unbranched alkanes of at least 4 members (excludes halogenated alkanes) is 30. The molecule has 3 N–H and O–H groups in total. The highest BCUT2D eigenvalue weighted by molar-refractivity contribution is 7.47. The third-order valence-corrected chi connectivity index (χ3v) is 17.8. The van der Waals surface area contributed by atoms with Gasteiger partial charge < -0.3 is 33.8 Å². The van der Waals surface area contributed by atoms with Gasteiger partial charge >= 0.3 is 39.5 Å². The Morgan fingerprint density at radius 2 is 0.600 bits per heavy atom. The molecule has 0 rings (SSSR count). The molecule has 0 heterocycles. The molecule has 504 valence electrons. The Balaban J connectivity index is 5.25. The number of carbonyl (C=O) groups excluding carboxylic acids is 4. The first-order chi connectivity index (χ1) is 40.8. The van der Waals surface area contributed by atoms with E-state index < -0.39 is 97.5 Å². The summed E-state index contributed by atoms with van der Waals surface area (Å²) in [4.78, 5) is 72.3. The molecule has 0 amide bonds. The SMILES string of the molecule is CCCCCCCCCCC(=O)OC[C@H](COP(=O)(O)OC[C@H](O)COP(=O)(O)OC[C@@H](COC(=O)CCCCCCCCCCCCC(C)C)OC(=O)CCCCCCCCCCCCC(C)CC)OC(=O)CCCCCCCCC(C)CC. The van der Waals surface area contributed by atoms with Crippen molar-refractivity contribution in [2.75, 3.05) is 39.6 Å². The molecule has 0 aliphatic carbocycles. The van der Waals surface area contributed by atoms with Crippen molar-refractivity contribution in [1.82, 2.24) is 0 Å². The van der Waals surface area contributed by atoms with E-state index in [9.17, 15) is 43.2 Å². The number of esters is 4. The summed E-state index contributed by atoms with van der Waals surface area (Å²) in [5.74, 6) is 0.145. The van der Waals surface area contributed by atoms with E-state index in [0.717, 1.165) is 114 Å². The number of phosphoric acid groups is 2. The minimum atomic E-state index is -4.95. The molecule has 0 aromatic heterocycles. The lowest BCUT2D eigenvalue weighted by molar-refractivity contribution is -0.161. The monoisotopic (exact) mass is 1250 g/mol. The normalized spacial score (nSPS) is 15.0. The molecule has 0 aliphatic rings. The smallest absolute Gasteiger partial charge is 0.462 e. The third kappa shape index (κ3) is 58.2. The number of ether oxygens (including phenoxy) is 4. The second-order valence-electron chi connectivity index (χ2n) is 24.8. The first-order valence-electron chi connectivity index (χ1n) is 34.4. The van der Waals surface area contributed by atoms with Gasteiger partial charge in [0.15, 0.2) is 12.2 Å². The molecule has 0 aliphatic heterocycles. The highest BCUT2D eigenvalue weighted by atomic mass is 31.2. The number of rotatable bonds is 64. The van der Waals surface area contributed by atoms with Crippen molar-refractivity contribution in [1.29, 1.82) is 0 Å². The average molecular weight is 1260 g/mol. The third-order valence-electron chi connectivity index (χ3n) is 15.9. The molecule has 4 unspecified atom stereocenters.